The number of rotatable bonds is 4. The van der Waals surface area contributed by atoms with E-state index >= 15 is 0 Å². The lowest BCUT2D eigenvalue weighted by Gasteiger charge is -2.17. The van der Waals surface area contributed by atoms with E-state index in [0.29, 0.717) is 15.7 Å². The molecule has 1 aliphatic carbocycles. The van der Waals surface area contributed by atoms with Gasteiger partial charge in [-0.2, -0.15) is 0 Å². The van der Waals surface area contributed by atoms with Gasteiger partial charge in [0.25, 0.3) is 0 Å². The third kappa shape index (κ3) is 3.61. The topological polar surface area (TPSA) is 49.4 Å². The summed E-state index contributed by atoms with van der Waals surface area (Å²) in [4.78, 5) is 25.0. The molecule has 0 spiro atoms. The van der Waals surface area contributed by atoms with E-state index in [-0.39, 0.29) is 24.3 Å². The normalized spacial score (nSPS) is 14.1. The summed E-state index contributed by atoms with van der Waals surface area (Å²) in [6.07, 6.45) is 1.84. The quantitative estimate of drug-likeness (QED) is 0.929. The molecule has 6 heteroatoms. The first-order valence-electron chi connectivity index (χ1n) is 5.98. The highest BCUT2D eigenvalue weighted by Gasteiger charge is 2.32. The number of nitrogens with zero attached hydrogens (tertiary/aromatic N) is 1. The van der Waals surface area contributed by atoms with Gasteiger partial charge in [0, 0.05) is 13.0 Å². The van der Waals surface area contributed by atoms with Crippen molar-refractivity contribution in [2.24, 2.45) is 5.92 Å². The summed E-state index contributed by atoms with van der Waals surface area (Å²) >= 11 is 11.9. The maximum absolute atomic E-state index is 11.9. The lowest BCUT2D eigenvalue weighted by molar-refractivity contribution is -0.134. The van der Waals surface area contributed by atoms with Gasteiger partial charge in [-0.15, -0.1) is 0 Å². The van der Waals surface area contributed by atoms with E-state index in [1.807, 2.05) is 0 Å². The molecule has 1 aromatic carbocycles. The zero-order valence-electron chi connectivity index (χ0n) is 10.5. The SMILES string of the molecule is CN(CC(=O)Nc1c(Cl)cccc1Cl)C(=O)C1CC1. The lowest BCUT2D eigenvalue weighted by Crippen LogP contribution is -2.35. The second-order valence-electron chi connectivity index (χ2n) is 4.61. The molecule has 1 aromatic rings. The van der Waals surface area contributed by atoms with Crippen molar-refractivity contribution in [1.82, 2.24) is 4.90 Å². The summed E-state index contributed by atoms with van der Waals surface area (Å²) in [6, 6.07) is 4.98. The molecule has 2 rings (SSSR count). The van der Waals surface area contributed by atoms with Crippen LogP contribution in [0.1, 0.15) is 12.8 Å². The molecule has 1 aliphatic rings. The van der Waals surface area contributed by atoms with E-state index in [0.717, 1.165) is 12.8 Å². The lowest BCUT2D eigenvalue weighted by atomic mass is 10.3. The van der Waals surface area contributed by atoms with Crippen LogP contribution in [0.2, 0.25) is 10.0 Å². The second-order valence-corrected chi connectivity index (χ2v) is 5.43. The van der Waals surface area contributed by atoms with Crippen molar-refractivity contribution in [3.8, 4) is 0 Å². The van der Waals surface area contributed by atoms with Crippen molar-refractivity contribution >= 4 is 40.7 Å². The summed E-state index contributed by atoms with van der Waals surface area (Å²) in [5.74, 6) is -0.200. The predicted molar refractivity (Wildman–Crippen MR) is 75.5 cm³/mol. The standard InChI is InChI=1S/C13H14Cl2N2O2/c1-17(13(19)8-5-6-8)7-11(18)16-12-9(14)3-2-4-10(12)15/h2-4,8H,5-7H2,1H3,(H,16,18). The molecule has 1 saturated carbocycles. The largest absolute Gasteiger partial charge is 0.336 e. The zero-order chi connectivity index (χ0) is 14.0. The second kappa shape index (κ2) is 5.80. The summed E-state index contributed by atoms with van der Waals surface area (Å²) in [6.45, 7) is -0.00309. The summed E-state index contributed by atoms with van der Waals surface area (Å²) < 4.78 is 0. The van der Waals surface area contributed by atoms with Gasteiger partial charge in [-0.25, -0.2) is 0 Å². The van der Waals surface area contributed by atoms with Crippen LogP contribution in [0.3, 0.4) is 0 Å². The molecule has 0 atom stereocenters. The Morgan fingerprint density at radius 3 is 2.42 bits per heavy atom. The average Bonchev–Trinajstić information content (AvgIpc) is 3.17. The zero-order valence-corrected chi connectivity index (χ0v) is 12.0. The first kappa shape index (κ1) is 14.2. The molecule has 102 valence electrons. The molecule has 0 radical (unpaired) electrons. The van der Waals surface area contributed by atoms with Crippen molar-refractivity contribution < 1.29 is 9.59 Å². The molecule has 0 saturated heterocycles. The minimum atomic E-state index is -0.313. The highest BCUT2D eigenvalue weighted by atomic mass is 35.5. The first-order chi connectivity index (χ1) is 8.99. The van der Waals surface area contributed by atoms with E-state index < -0.39 is 0 Å². The van der Waals surface area contributed by atoms with Gasteiger partial charge in [0.1, 0.15) is 0 Å². The highest BCUT2D eigenvalue weighted by molar-refractivity contribution is 6.39. The van der Waals surface area contributed by atoms with Crippen LogP contribution in [-0.2, 0) is 9.59 Å². The average molecular weight is 301 g/mol. The van der Waals surface area contributed by atoms with E-state index in [1.165, 1.54) is 4.90 Å². The number of para-hydroxylation sites is 1. The number of nitrogens with one attached hydrogen (secondary N) is 1. The van der Waals surface area contributed by atoms with E-state index in [1.54, 1.807) is 25.2 Å². The Balaban J connectivity index is 1.95. The van der Waals surface area contributed by atoms with Crippen molar-refractivity contribution in [1.29, 1.82) is 0 Å². The number of hydrogen-bond donors (Lipinski definition) is 1. The van der Waals surface area contributed by atoms with Gasteiger partial charge in [0.15, 0.2) is 0 Å². The number of likely N-dealkylation sites (N-methyl/N-ethyl adjacent to an activating group) is 1. The first-order valence-corrected chi connectivity index (χ1v) is 6.73. The van der Waals surface area contributed by atoms with Crippen molar-refractivity contribution in [3.63, 3.8) is 0 Å². The fourth-order valence-corrected chi connectivity index (χ4v) is 2.22. The molecular formula is C13H14Cl2N2O2. The van der Waals surface area contributed by atoms with E-state index in [9.17, 15) is 9.59 Å². The molecule has 1 fully saturated rings. The number of benzene rings is 1. The van der Waals surface area contributed by atoms with Gasteiger partial charge in [-0.1, -0.05) is 29.3 Å². The van der Waals surface area contributed by atoms with Gasteiger partial charge in [0.05, 0.1) is 22.3 Å². The van der Waals surface area contributed by atoms with Crippen LogP contribution in [0.15, 0.2) is 18.2 Å². The minimum Gasteiger partial charge on any atom is -0.336 e. The summed E-state index contributed by atoms with van der Waals surface area (Å²) in [5, 5.41) is 3.37. The van der Waals surface area contributed by atoms with Crippen LogP contribution in [0.4, 0.5) is 5.69 Å². The van der Waals surface area contributed by atoms with Crippen LogP contribution >= 0.6 is 23.2 Å². The summed E-state index contributed by atoms with van der Waals surface area (Å²) in [7, 11) is 1.62. The maximum atomic E-state index is 11.9. The van der Waals surface area contributed by atoms with Crippen LogP contribution < -0.4 is 5.32 Å². The fraction of sp³-hybridized carbons (Fsp3) is 0.385. The Bertz CT molecular complexity index is 495. The Labute approximate surface area is 121 Å². The Morgan fingerprint density at radius 2 is 1.89 bits per heavy atom. The maximum Gasteiger partial charge on any atom is 0.244 e. The summed E-state index contributed by atoms with van der Waals surface area (Å²) in [5.41, 5.74) is 0.378. The molecular weight excluding hydrogens is 287 g/mol. The molecule has 0 heterocycles. The molecule has 2 amide bonds. The monoisotopic (exact) mass is 300 g/mol. The van der Waals surface area contributed by atoms with Crippen LogP contribution in [0, 0.1) is 5.92 Å². The number of halogens is 2. The number of hydrogen-bond acceptors (Lipinski definition) is 2. The van der Waals surface area contributed by atoms with Gasteiger partial charge >= 0.3 is 0 Å². The fourth-order valence-electron chi connectivity index (χ4n) is 1.73. The van der Waals surface area contributed by atoms with Crippen molar-refractivity contribution in [2.75, 3.05) is 18.9 Å². The van der Waals surface area contributed by atoms with Crippen LogP contribution in [-0.4, -0.2) is 30.3 Å². The Hall–Kier alpha value is -1.26. The Morgan fingerprint density at radius 1 is 1.32 bits per heavy atom. The molecule has 0 unspecified atom stereocenters. The van der Waals surface area contributed by atoms with Gasteiger partial charge in [-0.05, 0) is 25.0 Å². The molecule has 0 aromatic heterocycles. The molecule has 19 heavy (non-hydrogen) atoms. The molecule has 4 nitrogen and oxygen atoms in total. The van der Waals surface area contributed by atoms with E-state index in [4.69, 9.17) is 23.2 Å². The number of carbonyl (C=O) groups is 2. The van der Waals surface area contributed by atoms with Gasteiger partial charge in [0.2, 0.25) is 11.8 Å². The third-order valence-corrected chi connectivity index (χ3v) is 3.54. The smallest absolute Gasteiger partial charge is 0.244 e. The van der Waals surface area contributed by atoms with Crippen molar-refractivity contribution in [3.05, 3.63) is 28.2 Å². The van der Waals surface area contributed by atoms with Crippen LogP contribution in [0.25, 0.3) is 0 Å². The van der Waals surface area contributed by atoms with E-state index in [2.05, 4.69) is 5.32 Å². The number of carbonyl (C=O) groups excluding carboxylic acids is 2. The predicted octanol–water partition coefficient (Wildman–Crippen LogP) is 2.80. The third-order valence-electron chi connectivity index (χ3n) is 2.91. The Kier molecular flexibility index (Phi) is 4.32. The molecule has 0 bridgehead atoms. The highest BCUT2D eigenvalue weighted by Crippen LogP contribution is 2.31. The van der Waals surface area contributed by atoms with Crippen LogP contribution in [0.5, 0.6) is 0 Å². The van der Waals surface area contributed by atoms with Crippen molar-refractivity contribution in [2.45, 2.75) is 12.8 Å². The number of anilines is 1. The number of amides is 2. The van der Waals surface area contributed by atoms with Gasteiger partial charge < -0.3 is 10.2 Å². The van der Waals surface area contributed by atoms with Gasteiger partial charge in [-0.3, -0.25) is 9.59 Å². The minimum absolute atomic E-state index is 0.00309. The molecule has 0 aliphatic heterocycles. The molecule has 1 N–H and O–H groups in total.